The molecular weight excluding hydrogens is 276 g/mol. The van der Waals surface area contributed by atoms with Crippen LogP contribution in [-0.4, -0.2) is 28.9 Å². The van der Waals surface area contributed by atoms with Crippen LogP contribution >= 0.6 is 0 Å². The Morgan fingerprint density at radius 3 is 2.70 bits per heavy atom. The highest BCUT2D eigenvalue weighted by Crippen LogP contribution is 2.18. The predicted molar refractivity (Wildman–Crippen MR) is 77.4 cm³/mol. The van der Waals surface area contributed by atoms with Gasteiger partial charge in [-0.1, -0.05) is 6.92 Å². The largest absolute Gasteiger partial charge is 0.275 e. The number of nitrogens with zero attached hydrogens (tertiary/aromatic N) is 3. The van der Waals surface area contributed by atoms with Crippen molar-refractivity contribution in [2.75, 3.05) is 5.75 Å². The van der Waals surface area contributed by atoms with Crippen LogP contribution in [0.15, 0.2) is 30.9 Å². The molecule has 0 spiro atoms. The first-order valence-electron chi connectivity index (χ1n) is 6.40. The second-order valence-electron chi connectivity index (χ2n) is 4.62. The van der Waals surface area contributed by atoms with Gasteiger partial charge in [-0.15, -0.1) is 0 Å². The third-order valence-corrected chi connectivity index (χ3v) is 4.33. The number of nitrogens with one attached hydrogen (secondary N) is 1. The molecule has 7 heteroatoms. The summed E-state index contributed by atoms with van der Waals surface area (Å²) in [6.07, 6.45) is 7.64. The fraction of sp³-hybridized carbons (Fsp3) is 0.385. The minimum Gasteiger partial charge on any atom is -0.275 e. The molecule has 0 aliphatic heterocycles. The van der Waals surface area contributed by atoms with Crippen molar-refractivity contribution in [3.05, 3.63) is 36.4 Å². The van der Waals surface area contributed by atoms with E-state index < -0.39 is 10.0 Å². The Balaban J connectivity index is 2.11. The molecule has 6 nitrogen and oxygen atoms in total. The highest BCUT2D eigenvalue weighted by atomic mass is 32.2. The van der Waals surface area contributed by atoms with Gasteiger partial charge in [0.15, 0.2) is 0 Å². The van der Waals surface area contributed by atoms with Gasteiger partial charge in [0.2, 0.25) is 10.0 Å². The Morgan fingerprint density at radius 2 is 2.05 bits per heavy atom. The SMILES string of the molecule is CCCS(=O)(=O)NCc1cncc(-c2cnn(C)c2)c1. The number of hydrogen-bond acceptors (Lipinski definition) is 4. The van der Waals surface area contributed by atoms with E-state index in [1.807, 2.05) is 26.2 Å². The summed E-state index contributed by atoms with van der Waals surface area (Å²) >= 11 is 0. The van der Waals surface area contributed by atoms with E-state index in [0.29, 0.717) is 6.42 Å². The summed E-state index contributed by atoms with van der Waals surface area (Å²) in [6.45, 7) is 2.09. The second kappa shape index (κ2) is 6.15. The molecule has 0 saturated carbocycles. The lowest BCUT2D eigenvalue weighted by molar-refractivity contribution is 0.580. The monoisotopic (exact) mass is 294 g/mol. The number of aryl methyl sites for hydroxylation is 1. The summed E-state index contributed by atoms with van der Waals surface area (Å²) in [5.41, 5.74) is 2.70. The van der Waals surface area contributed by atoms with Gasteiger partial charge in [0, 0.05) is 43.3 Å². The van der Waals surface area contributed by atoms with Crippen LogP contribution in [0.5, 0.6) is 0 Å². The average Bonchev–Trinajstić information content (AvgIpc) is 2.84. The Morgan fingerprint density at radius 1 is 1.25 bits per heavy atom. The molecule has 0 unspecified atom stereocenters. The zero-order valence-electron chi connectivity index (χ0n) is 11.6. The minimum atomic E-state index is -3.20. The molecule has 2 heterocycles. The zero-order valence-corrected chi connectivity index (χ0v) is 12.4. The van der Waals surface area contributed by atoms with E-state index in [2.05, 4.69) is 14.8 Å². The van der Waals surface area contributed by atoms with E-state index in [1.54, 1.807) is 23.3 Å². The van der Waals surface area contributed by atoms with Crippen molar-refractivity contribution < 1.29 is 8.42 Å². The highest BCUT2D eigenvalue weighted by Gasteiger charge is 2.09. The summed E-state index contributed by atoms with van der Waals surface area (Å²) in [6, 6.07) is 1.92. The van der Waals surface area contributed by atoms with Crippen LogP contribution < -0.4 is 4.72 Å². The van der Waals surface area contributed by atoms with E-state index >= 15 is 0 Å². The van der Waals surface area contributed by atoms with Crippen LogP contribution in [0.25, 0.3) is 11.1 Å². The van der Waals surface area contributed by atoms with Crippen molar-refractivity contribution >= 4 is 10.0 Å². The number of rotatable bonds is 6. The van der Waals surface area contributed by atoms with Crippen LogP contribution in [0.4, 0.5) is 0 Å². The van der Waals surface area contributed by atoms with Crippen molar-refractivity contribution in [3.63, 3.8) is 0 Å². The summed E-state index contributed by atoms with van der Waals surface area (Å²) in [5, 5.41) is 4.11. The first-order chi connectivity index (χ1) is 9.50. The summed E-state index contributed by atoms with van der Waals surface area (Å²) < 4.78 is 27.5. The molecular formula is C13H18N4O2S. The first kappa shape index (κ1) is 14.7. The van der Waals surface area contributed by atoms with Gasteiger partial charge in [-0.3, -0.25) is 9.67 Å². The Labute approximate surface area is 118 Å². The quantitative estimate of drug-likeness (QED) is 0.871. The molecule has 108 valence electrons. The number of pyridine rings is 1. The molecule has 0 bridgehead atoms. The van der Waals surface area contributed by atoms with Gasteiger partial charge in [-0.05, 0) is 18.1 Å². The third kappa shape index (κ3) is 3.88. The van der Waals surface area contributed by atoms with Crippen molar-refractivity contribution in [2.45, 2.75) is 19.9 Å². The molecule has 0 fully saturated rings. The fourth-order valence-electron chi connectivity index (χ4n) is 1.85. The summed E-state index contributed by atoms with van der Waals surface area (Å²) in [7, 11) is -1.35. The molecule has 0 aromatic carbocycles. The molecule has 1 N–H and O–H groups in total. The van der Waals surface area contributed by atoms with Crippen LogP contribution in [0.1, 0.15) is 18.9 Å². The lowest BCUT2D eigenvalue weighted by atomic mass is 10.1. The van der Waals surface area contributed by atoms with Crippen molar-refractivity contribution in [3.8, 4) is 11.1 Å². The van der Waals surface area contributed by atoms with Crippen molar-refractivity contribution in [1.29, 1.82) is 0 Å². The third-order valence-electron chi connectivity index (χ3n) is 2.80. The molecule has 2 aromatic heterocycles. The van der Waals surface area contributed by atoms with E-state index in [-0.39, 0.29) is 12.3 Å². The zero-order chi connectivity index (χ0) is 14.6. The number of aromatic nitrogens is 3. The maximum atomic E-state index is 11.6. The molecule has 0 saturated heterocycles. The maximum absolute atomic E-state index is 11.6. The molecule has 2 rings (SSSR count). The van der Waals surface area contributed by atoms with E-state index in [4.69, 9.17) is 0 Å². The van der Waals surface area contributed by atoms with Crippen LogP contribution in [-0.2, 0) is 23.6 Å². The van der Waals surface area contributed by atoms with Gasteiger partial charge in [-0.2, -0.15) is 5.10 Å². The van der Waals surface area contributed by atoms with Crippen LogP contribution in [0.3, 0.4) is 0 Å². The Hall–Kier alpha value is -1.73. The minimum absolute atomic E-state index is 0.142. The Bertz CT molecular complexity index is 679. The standard InChI is InChI=1S/C13H18N4O2S/c1-3-4-20(18,19)16-7-11-5-12(8-14-6-11)13-9-15-17(2)10-13/h5-6,8-10,16H,3-4,7H2,1-2H3. The lowest BCUT2D eigenvalue weighted by Crippen LogP contribution is -2.25. The van der Waals surface area contributed by atoms with Crippen LogP contribution in [0.2, 0.25) is 0 Å². The number of sulfonamides is 1. The van der Waals surface area contributed by atoms with Crippen molar-refractivity contribution in [1.82, 2.24) is 19.5 Å². The van der Waals surface area contributed by atoms with Gasteiger partial charge < -0.3 is 0 Å². The summed E-state index contributed by atoms with van der Waals surface area (Å²) in [5.74, 6) is 0.142. The molecule has 0 amide bonds. The predicted octanol–water partition coefficient (Wildman–Crippen LogP) is 1.31. The summed E-state index contributed by atoms with van der Waals surface area (Å²) in [4.78, 5) is 4.15. The van der Waals surface area contributed by atoms with Crippen LogP contribution in [0, 0.1) is 0 Å². The molecule has 0 aliphatic rings. The maximum Gasteiger partial charge on any atom is 0.211 e. The molecule has 2 aromatic rings. The van der Waals surface area contributed by atoms with Gasteiger partial charge in [-0.25, -0.2) is 13.1 Å². The Kier molecular flexibility index (Phi) is 4.51. The van der Waals surface area contributed by atoms with E-state index in [0.717, 1.165) is 16.7 Å². The molecule has 0 radical (unpaired) electrons. The van der Waals surface area contributed by atoms with Crippen molar-refractivity contribution in [2.24, 2.45) is 7.05 Å². The van der Waals surface area contributed by atoms with Gasteiger partial charge >= 0.3 is 0 Å². The fourth-order valence-corrected chi connectivity index (χ4v) is 2.91. The number of hydrogen-bond donors (Lipinski definition) is 1. The van der Waals surface area contributed by atoms with E-state index in [1.165, 1.54) is 0 Å². The van der Waals surface area contributed by atoms with Gasteiger partial charge in [0.05, 0.1) is 11.9 Å². The molecule has 0 aliphatic carbocycles. The lowest BCUT2D eigenvalue weighted by Gasteiger charge is -2.06. The second-order valence-corrected chi connectivity index (χ2v) is 6.55. The van der Waals surface area contributed by atoms with Gasteiger partial charge in [0.25, 0.3) is 0 Å². The smallest absolute Gasteiger partial charge is 0.211 e. The molecule has 20 heavy (non-hydrogen) atoms. The van der Waals surface area contributed by atoms with Gasteiger partial charge in [0.1, 0.15) is 0 Å². The highest BCUT2D eigenvalue weighted by molar-refractivity contribution is 7.89. The topological polar surface area (TPSA) is 76.9 Å². The molecule has 0 atom stereocenters. The van der Waals surface area contributed by atoms with E-state index in [9.17, 15) is 8.42 Å². The first-order valence-corrected chi connectivity index (χ1v) is 8.05. The normalized spacial score (nSPS) is 11.7. The average molecular weight is 294 g/mol.